The van der Waals surface area contributed by atoms with Gasteiger partial charge in [-0.2, -0.15) is 5.10 Å². The lowest BCUT2D eigenvalue weighted by molar-refractivity contribution is 0.565. The molecule has 2 rings (SSSR count). The highest BCUT2D eigenvalue weighted by Crippen LogP contribution is 2.33. The number of aromatic nitrogens is 2. The van der Waals surface area contributed by atoms with Gasteiger partial charge in [0, 0.05) is 6.20 Å². The second-order valence-electron chi connectivity index (χ2n) is 3.77. The zero-order valence-corrected chi connectivity index (χ0v) is 10.0. The zero-order chi connectivity index (χ0) is 11.8. The predicted octanol–water partition coefficient (Wildman–Crippen LogP) is -0.247. The molecule has 0 saturated heterocycles. The average Bonchev–Trinajstić information content (AvgIpc) is 2.87. The molecule has 1 fully saturated rings. The highest BCUT2D eigenvalue weighted by Gasteiger charge is 2.36. The number of aromatic amines is 1. The third-order valence-corrected chi connectivity index (χ3v) is 4.13. The number of rotatable bonds is 5. The summed E-state index contributed by atoms with van der Waals surface area (Å²) in [7, 11) is -3.58. The van der Waals surface area contributed by atoms with Crippen molar-refractivity contribution in [3.63, 3.8) is 0 Å². The topological polar surface area (TPSA) is 101 Å². The van der Waals surface area contributed by atoms with Gasteiger partial charge in [0.2, 0.25) is 10.0 Å². The first-order valence-electron chi connectivity index (χ1n) is 4.81. The number of hydrogen-bond acceptors (Lipinski definition) is 4. The van der Waals surface area contributed by atoms with E-state index in [9.17, 15) is 8.42 Å². The van der Waals surface area contributed by atoms with Gasteiger partial charge in [0.25, 0.3) is 0 Å². The van der Waals surface area contributed by atoms with Crippen LogP contribution in [0.4, 0.5) is 0 Å². The molecule has 1 unspecified atom stereocenters. The minimum atomic E-state index is -3.58. The Bertz CT molecular complexity index is 478. The van der Waals surface area contributed by atoms with E-state index in [4.69, 9.17) is 18.0 Å². The third kappa shape index (κ3) is 2.39. The van der Waals surface area contributed by atoms with Gasteiger partial charge in [0.05, 0.1) is 17.2 Å². The molecule has 8 heteroatoms. The van der Waals surface area contributed by atoms with Gasteiger partial charge in [-0.15, -0.1) is 0 Å². The summed E-state index contributed by atoms with van der Waals surface area (Å²) in [6.07, 6.45) is 4.46. The van der Waals surface area contributed by atoms with E-state index >= 15 is 0 Å². The summed E-state index contributed by atoms with van der Waals surface area (Å²) < 4.78 is 26.2. The van der Waals surface area contributed by atoms with Crippen LogP contribution in [0.3, 0.4) is 0 Å². The number of hydrogen-bond donors (Lipinski definition) is 3. The lowest BCUT2D eigenvalue weighted by atomic mass is 10.2. The Labute approximate surface area is 98.7 Å². The fourth-order valence-corrected chi connectivity index (χ4v) is 2.95. The van der Waals surface area contributed by atoms with Crippen LogP contribution in [0.5, 0.6) is 0 Å². The van der Waals surface area contributed by atoms with Crippen molar-refractivity contribution in [3.05, 3.63) is 12.4 Å². The molecule has 0 amide bonds. The Morgan fingerprint density at radius 3 is 2.81 bits per heavy atom. The van der Waals surface area contributed by atoms with Gasteiger partial charge in [-0.1, -0.05) is 12.2 Å². The van der Waals surface area contributed by atoms with E-state index in [0.717, 1.165) is 12.8 Å². The smallest absolute Gasteiger partial charge is 0.244 e. The van der Waals surface area contributed by atoms with E-state index in [0.29, 0.717) is 0 Å². The number of sulfonamides is 1. The summed E-state index contributed by atoms with van der Waals surface area (Å²) in [5.74, 6) is 0.235. The number of H-pyrrole nitrogens is 1. The van der Waals surface area contributed by atoms with Crippen LogP contribution in [-0.4, -0.2) is 29.6 Å². The Morgan fingerprint density at radius 1 is 1.69 bits per heavy atom. The molecular formula is C8H12N4O2S2. The average molecular weight is 260 g/mol. The van der Waals surface area contributed by atoms with E-state index in [-0.39, 0.29) is 15.8 Å². The SMILES string of the molecule is NC(=S)C(NS(=O)(=O)c1cn[nH]c1)C1CC1. The largest absolute Gasteiger partial charge is 0.392 e. The van der Waals surface area contributed by atoms with Crippen molar-refractivity contribution < 1.29 is 8.42 Å². The summed E-state index contributed by atoms with van der Waals surface area (Å²) in [6, 6.07) is -0.449. The van der Waals surface area contributed by atoms with Crippen LogP contribution in [-0.2, 0) is 10.0 Å². The molecule has 0 aliphatic heterocycles. The van der Waals surface area contributed by atoms with Gasteiger partial charge >= 0.3 is 0 Å². The molecule has 4 N–H and O–H groups in total. The first kappa shape index (κ1) is 11.5. The molecule has 1 aromatic heterocycles. The van der Waals surface area contributed by atoms with E-state index in [1.165, 1.54) is 12.4 Å². The highest BCUT2D eigenvalue weighted by atomic mass is 32.2. The molecule has 1 saturated carbocycles. The molecule has 0 bridgehead atoms. The second-order valence-corrected chi connectivity index (χ2v) is 5.96. The molecule has 6 nitrogen and oxygen atoms in total. The molecule has 1 aliphatic rings. The Balaban J connectivity index is 2.16. The molecule has 1 aliphatic carbocycles. The Kier molecular flexibility index (Phi) is 2.96. The van der Waals surface area contributed by atoms with Crippen LogP contribution in [0, 0.1) is 5.92 Å². The van der Waals surface area contributed by atoms with Crippen molar-refractivity contribution in [2.24, 2.45) is 11.7 Å². The minimum Gasteiger partial charge on any atom is -0.392 e. The molecule has 88 valence electrons. The third-order valence-electron chi connectivity index (χ3n) is 2.47. The summed E-state index contributed by atoms with van der Waals surface area (Å²) in [4.78, 5) is 0.281. The van der Waals surface area contributed by atoms with Gasteiger partial charge in [0.1, 0.15) is 4.90 Å². The molecule has 1 heterocycles. The van der Waals surface area contributed by atoms with Crippen LogP contribution in [0.1, 0.15) is 12.8 Å². The predicted molar refractivity (Wildman–Crippen MR) is 62.2 cm³/mol. The highest BCUT2D eigenvalue weighted by molar-refractivity contribution is 7.89. The first-order valence-corrected chi connectivity index (χ1v) is 6.70. The molecule has 1 atom stereocenters. The van der Waals surface area contributed by atoms with Crippen molar-refractivity contribution in [1.82, 2.24) is 14.9 Å². The van der Waals surface area contributed by atoms with Crippen molar-refractivity contribution in [2.45, 2.75) is 23.8 Å². The fourth-order valence-electron chi connectivity index (χ4n) is 1.44. The maximum atomic E-state index is 11.9. The molecule has 0 aromatic carbocycles. The van der Waals surface area contributed by atoms with Crippen LogP contribution in [0.15, 0.2) is 17.3 Å². The molecule has 0 spiro atoms. The zero-order valence-electron chi connectivity index (χ0n) is 8.38. The van der Waals surface area contributed by atoms with Gasteiger partial charge in [-0.25, -0.2) is 13.1 Å². The van der Waals surface area contributed by atoms with Crippen molar-refractivity contribution >= 4 is 27.2 Å². The lowest BCUT2D eigenvalue weighted by Gasteiger charge is -2.15. The number of nitrogens with zero attached hydrogens (tertiary/aromatic N) is 1. The van der Waals surface area contributed by atoms with Crippen molar-refractivity contribution in [3.8, 4) is 0 Å². The number of nitrogens with one attached hydrogen (secondary N) is 2. The van der Waals surface area contributed by atoms with Gasteiger partial charge < -0.3 is 5.73 Å². The number of nitrogens with two attached hydrogens (primary N) is 1. The van der Waals surface area contributed by atoms with Gasteiger partial charge in [-0.05, 0) is 18.8 Å². The summed E-state index contributed by atoms with van der Waals surface area (Å²) in [5.41, 5.74) is 5.52. The van der Waals surface area contributed by atoms with Crippen LogP contribution >= 0.6 is 12.2 Å². The maximum Gasteiger partial charge on any atom is 0.244 e. The first-order chi connectivity index (χ1) is 7.50. The molecule has 16 heavy (non-hydrogen) atoms. The van der Waals surface area contributed by atoms with Crippen LogP contribution in [0.2, 0.25) is 0 Å². The minimum absolute atomic E-state index is 0.0920. The quantitative estimate of drug-likeness (QED) is 0.634. The molecule has 1 aromatic rings. The lowest BCUT2D eigenvalue weighted by Crippen LogP contribution is -2.44. The van der Waals surface area contributed by atoms with Crippen molar-refractivity contribution in [2.75, 3.05) is 0 Å². The summed E-state index contributed by atoms with van der Waals surface area (Å²) >= 11 is 4.86. The second kappa shape index (κ2) is 4.11. The molecular weight excluding hydrogens is 248 g/mol. The molecule has 0 radical (unpaired) electrons. The van der Waals surface area contributed by atoms with Crippen LogP contribution in [0.25, 0.3) is 0 Å². The fraction of sp³-hybridized carbons (Fsp3) is 0.500. The van der Waals surface area contributed by atoms with E-state index in [2.05, 4.69) is 14.9 Å². The van der Waals surface area contributed by atoms with Crippen LogP contribution < -0.4 is 10.5 Å². The van der Waals surface area contributed by atoms with Crippen molar-refractivity contribution in [1.29, 1.82) is 0 Å². The normalized spacial score (nSPS) is 18.2. The summed E-state index contributed by atoms with van der Waals surface area (Å²) in [6.45, 7) is 0. The monoisotopic (exact) mass is 260 g/mol. The maximum absolute atomic E-state index is 11.9. The number of thiocarbonyl (C=S) groups is 1. The van der Waals surface area contributed by atoms with E-state index < -0.39 is 16.1 Å². The Morgan fingerprint density at radius 2 is 2.38 bits per heavy atom. The Hall–Kier alpha value is -0.990. The summed E-state index contributed by atoms with van der Waals surface area (Å²) in [5, 5.41) is 6.04. The standard InChI is InChI=1S/C8H12N4O2S2/c9-8(15)7(5-1-2-5)12-16(13,14)6-3-10-11-4-6/h3-5,7,12H,1-2H2,(H2,9,15)(H,10,11). The van der Waals surface area contributed by atoms with E-state index in [1.807, 2.05) is 0 Å². The van der Waals surface area contributed by atoms with E-state index in [1.54, 1.807) is 0 Å². The van der Waals surface area contributed by atoms with Gasteiger partial charge in [-0.3, -0.25) is 5.10 Å². The van der Waals surface area contributed by atoms with Gasteiger partial charge in [0.15, 0.2) is 0 Å².